The van der Waals surface area contributed by atoms with Crippen molar-refractivity contribution in [1.82, 2.24) is 15.5 Å². The number of amides is 3. The largest absolute Gasteiger partial charge is 0.452 e. The fourth-order valence-corrected chi connectivity index (χ4v) is 3.81. The van der Waals surface area contributed by atoms with Crippen LogP contribution < -0.4 is 10.6 Å². The average Bonchev–Trinajstić information content (AvgIpc) is 2.71. The van der Waals surface area contributed by atoms with Gasteiger partial charge in [-0.1, -0.05) is 31.4 Å². The molecule has 1 aliphatic carbocycles. The minimum Gasteiger partial charge on any atom is -0.452 e. The second-order valence-electron chi connectivity index (χ2n) is 8.44. The van der Waals surface area contributed by atoms with Crippen molar-refractivity contribution in [3.8, 4) is 0 Å². The van der Waals surface area contributed by atoms with Crippen LogP contribution in [0.4, 0.5) is 4.79 Å². The summed E-state index contributed by atoms with van der Waals surface area (Å²) in [6, 6.07) is 6.96. The number of ether oxygens (including phenoxy) is 1. The quantitative estimate of drug-likeness (QED) is 0.633. The highest BCUT2D eigenvalue weighted by Gasteiger charge is 2.28. The smallest absolute Gasteiger partial charge is 0.338 e. The summed E-state index contributed by atoms with van der Waals surface area (Å²) in [5.74, 6) is -0.657. The highest BCUT2D eigenvalue weighted by Crippen LogP contribution is 2.24. The summed E-state index contributed by atoms with van der Waals surface area (Å²) in [5, 5.41) is 5.51. The molecular weight excluding hydrogens is 382 g/mol. The number of urea groups is 1. The van der Waals surface area contributed by atoms with Crippen LogP contribution in [0.2, 0.25) is 0 Å². The molecule has 0 bridgehead atoms. The molecule has 7 nitrogen and oxygen atoms in total. The van der Waals surface area contributed by atoms with Gasteiger partial charge in [-0.25, -0.2) is 9.59 Å². The lowest BCUT2D eigenvalue weighted by atomic mass is 9.93. The Labute approximate surface area is 179 Å². The standard InChI is InChI=1S/C23H35N3O4/c1-16(2)25-23(29)24-14-18-10-12-19(13-11-18)22(28)30-15-21(27)26(17(3)4)20-8-6-5-7-9-20/h10-13,16-17,20H,5-9,14-15H2,1-4H3,(H2,24,25,29). The maximum absolute atomic E-state index is 12.7. The predicted octanol–water partition coefficient (Wildman–Crippen LogP) is 3.62. The second-order valence-corrected chi connectivity index (χ2v) is 8.44. The van der Waals surface area contributed by atoms with Gasteiger partial charge in [-0.3, -0.25) is 4.79 Å². The van der Waals surface area contributed by atoms with Crippen LogP contribution in [-0.4, -0.2) is 47.5 Å². The van der Waals surface area contributed by atoms with Crippen molar-refractivity contribution < 1.29 is 19.1 Å². The molecule has 0 atom stereocenters. The van der Waals surface area contributed by atoms with E-state index >= 15 is 0 Å². The third kappa shape index (κ3) is 7.35. The van der Waals surface area contributed by atoms with E-state index in [1.165, 1.54) is 6.42 Å². The van der Waals surface area contributed by atoms with Crippen LogP contribution in [0, 0.1) is 0 Å². The Morgan fingerprint density at radius 1 is 1.03 bits per heavy atom. The fraction of sp³-hybridized carbons (Fsp3) is 0.609. The molecule has 1 aromatic rings. The van der Waals surface area contributed by atoms with Crippen LogP contribution in [0.15, 0.2) is 24.3 Å². The van der Waals surface area contributed by atoms with Gasteiger partial charge < -0.3 is 20.3 Å². The molecule has 1 saturated carbocycles. The number of hydrogen-bond donors (Lipinski definition) is 2. The summed E-state index contributed by atoms with van der Waals surface area (Å²) in [4.78, 5) is 38.6. The predicted molar refractivity (Wildman–Crippen MR) is 116 cm³/mol. The van der Waals surface area contributed by atoms with Crippen molar-refractivity contribution >= 4 is 17.9 Å². The van der Waals surface area contributed by atoms with E-state index in [4.69, 9.17) is 4.74 Å². The van der Waals surface area contributed by atoms with Gasteiger partial charge in [0.1, 0.15) is 0 Å². The number of carbonyl (C=O) groups excluding carboxylic acids is 3. The molecular formula is C23H35N3O4. The lowest BCUT2D eigenvalue weighted by Crippen LogP contribution is -2.47. The molecule has 166 valence electrons. The van der Waals surface area contributed by atoms with Crippen LogP contribution in [-0.2, 0) is 16.1 Å². The van der Waals surface area contributed by atoms with Gasteiger partial charge >= 0.3 is 12.0 Å². The molecule has 2 rings (SSSR count). The van der Waals surface area contributed by atoms with Gasteiger partial charge in [-0.05, 0) is 58.2 Å². The summed E-state index contributed by atoms with van der Waals surface area (Å²) >= 11 is 0. The molecule has 3 amide bonds. The zero-order valence-electron chi connectivity index (χ0n) is 18.6. The van der Waals surface area contributed by atoms with E-state index in [0.29, 0.717) is 12.1 Å². The van der Waals surface area contributed by atoms with E-state index in [9.17, 15) is 14.4 Å². The number of esters is 1. The Hall–Kier alpha value is -2.57. The van der Waals surface area contributed by atoms with Crippen LogP contribution >= 0.6 is 0 Å². The van der Waals surface area contributed by atoms with Gasteiger partial charge in [0, 0.05) is 24.7 Å². The first kappa shape index (κ1) is 23.7. The van der Waals surface area contributed by atoms with Crippen LogP contribution in [0.1, 0.15) is 75.7 Å². The monoisotopic (exact) mass is 417 g/mol. The summed E-state index contributed by atoms with van der Waals surface area (Å²) in [6.07, 6.45) is 5.53. The SMILES string of the molecule is CC(C)NC(=O)NCc1ccc(C(=O)OCC(=O)N(C(C)C)C2CCCCC2)cc1. The van der Waals surface area contributed by atoms with Crippen molar-refractivity contribution in [2.75, 3.05) is 6.61 Å². The number of nitrogens with one attached hydrogen (secondary N) is 2. The van der Waals surface area contributed by atoms with Crippen molar-refractivity contribution in [3.05, 3.63) is 35.4 Å². The molecule has 0 unspecified atom stereocenters. The van der Waals surface area contributed by atoms with Crippen LogP contribution in [0.25, 0.3) is 0 Å². The van der Waals surface area contributed by atoms with Gasteiger partial charge in [-0.15, -0.1) is 0 Å². The van der Waals surface area contributed by atoms with E-state index in [1.807, 2.05) is 32.6 Å². The Kier molecular flexibility index (Phi) is 9.15. The molecule has 0 aliphatic heterocycles. The molecule has 7 heteroatoms. The highest BCUT2D eigenvalue weighted by molar-refractivity contribution is 5.91. The van der Waals surface area contributed by atoms with E-state index < -0.39 is 5.97 Å². The molecule has 0 spiro atoms. The van der Waals surface area contributed by atoms with Gasteiger partial charge in [-0.2, -0.15) is 0 Å². The molecule has 0 saturated heterocycles. The molecule has 0 heterocycles. The molecule has 1 aromatic carbocycles. The molecule has 0 aromatic heterocycles. The van der Waals surface area contributed by atoms with E-state index in [0.717, 1.165) is 31.2 Å². The Balaban J connectivity index is 1.84. The number of carbonyl (C=O) groups is 3. The lowest BCUT2D eigenvalue weighted by Gasteiger charge is -2.37. The average molecular weight is 418 g/mol. The van der Waals surface area contributed by atoms with E-state index in [-0.39, 0.29) is 36.7 Å². The maximum Gasteiger partial charge on any atom is 0.338 e. The minimum absolute atomic E-state index is 0.0644. The summed E-state index contributed by atoms with van der Waals surface area (Å²) in [6.45, 7) is 7.90. The number of nitrogens with zero attached hydrogens (tertiary/aromatic N) is 1. The molecule has 2 N–H and O–H groups in total. The van der Waals surface area contributed by atoms with Gasteiger partial charge in [0.15, 0.2) is 6.61 Å². The zero-order chi connectivity index (χ0) is 22.1. The van der Waals surface area contributed by atoms with Crippen molar-refractivity contribution in [2.45, 2.75) is 84.5 Å². The van der Waals surface area contributed by atoms with Crippen molar-refractivity contribution in [3.63, 3.8) is 0 Å². The Bertz CT molecular complexity index is 710. The first-order valence-corrected chi connectivity index (χ1v) is 10.9. The number of hydrogen-bond acceptors (Lipinski definition) is 4. The molecule has 1 fully saturated rings. The zero-order valence-corrected chi connectivity index (χ0v) is 18.6. The van der Waals surface area contributed by atoms with Crippen molar-refractivity contribution in [2.24, 2.45) is 0 Å². The summed E-state index contributed by atoms with van der Waals surface area (Å²) in [5.41, 5.74) is 1.25. The van der Waals surface area contributed by atoms with Crippen LogP contribution in [0.3, 0.4) is 0 Å². The molecule has 0 radical (unpaired) electrons. The normalized spacial score (nSPS) is 14.5. The fourth-order valence-electron chi connectivity index (χ4n) is 3.81. The lowest BCUT2D eigenvalue weighted by molar-refractivity contribution is -0.139. The second kappa shape index (κ2) is 11.6. The third-order valence-corrected chi connectivity index (χ3v) is 5.20. The van der Waals surface area contributed by atoms with Gasteiger partial charge in [0.05, 0.1) is 5.56 Å². The van der Waals surface area contributed by atoms with Crippen molar-refractivity contribution in [1.29, 1.82) is 0 Å². The van der Waals surface area contributed by atoms with Crippen LogP contribution in [0.5, 0.6) is 0 Å². The van der Waals surface area contributed by atoms with Gasteiger partial charge in [0.25, 0.3) is 5.91 Å². The maximum atomic E-state index is 12.7. The topological polar surface area (TPSA) is 87.7 Å². The first-order valence-electron chi connectivity index (χ1n) is 10.9. The van der Waals surface area contributed by atoms with E-state index in [2.05, 4.69) is 10.6 Å². The third-order valence-electron chi connectivity index (χ3n) is 5.20. The Morgan fingerprint density at radius 3 is 2.23 bits per heavy atom. The summed E-state index contributed by atoms with van der Waals surface area (Å²) in [7, 11) is 0. The Morgan fingerprint density at radius 2 is 1.67 bits per heavy atom. The molecule has 1 aliphatic rings. The highest BCUT2D eigenvalue weighted by atomic mass is 16.5. The van der Waals surface area contributed by atoms with Gasteiger partial charge in [0.2, 0.25) is 0 Å². The summed E-state index contributed by atoms with van der Waals surface area (Å²) < 4.78 is 5.28. The first-order chi connectivity index (χ1) is 14.3. The molecule has 30 heavy (non-hydrogen) atoms. The van der Waals surface area contributed by atoms with E-state index in [1.54, 1.807) is 24.3 Å². The minimum atomic E-state index is -0.521. The number of benzene rings is 1. The number of rotatable bonds is 8.